The molecule has 0 bridgehead atoms. The van der Waals surface area contributed by atoms with E-state index in [-0.39, 0.29) is 0 Å². The highest BCUT2D eigenvalue weighted by Gasteiger charge is 2.52. The van der Waals surface area contributed by atoms with Crippen LogP contribution in [-0.2, 0) is 9.31 Å². The summed E-state index contributed by atoms with van der Waals surface area (Å²) in [6, 6.07) is 7.22. The molecule has 3 rings (SSSR count). The van der Waals surface area contributed by atoms with Crippen LogP contribution in [-0.4, -0.2) is 23.3 Å². The highest BCUT2D eigenvalue weighted by molar-refractivity contribution is 6.62. The summed E-state index contributed by atoms with van der Waals surface area (Å²) in [4.78, 5) is 4.29. The van der Waals surface area contributed by atoms with E-state index >= 15 is 0 Å². The molecule has 24 heavy (non-hydrogen) atoms. The van der Waals surface area contributed by atoms with Gasteiger partial charge in [-0.1, -0.05) is 11.6 Å². The number of halogens is 1. The Bertz CT molecular complexity index is 730. The normalized spacial score (nSPS) is 18.7. The van der Waals surface area contributed by atoms with Crippen LogP contribution in [0.1, 0.15) is 33.3 Å². The predicted octanol–water partition coefficient (Wildman–Crippen LogP) is 4.13. The van der Waals surface area contributed by atoms with Crippen molar-refractivity contribution >= 4 is 24.2 Å². The molecule has 126 valence electrons. The van der Waals surface area contributed by atoms with Gasteiger partial charge in [0, 0.05) is 16.7 Å². The molecule has 1 saturated heterocycles. The molecule has 0 N–H and O–H groups in total. The summed E-state index contributed by atoms with van der Waals surface area (Å²) >= 11 is 5.91. The maximum absolute atomic E-state index is 6.12. The van der Waals surface area contributed by atoms with Gasteiger partial charge < -0.3 is 14.0 Å². The fraction of sp³-hybridized carbons (Fsp3) is 0.389. The summed E-state index contributed by atoms with van der Waals surface area (Å²) in [5, 5.41) is 0.670. The van der Waals surface area contributed by atoms with Crippen molar-refractivity contribution in [2.45, 2.75) is 45.8 Å². The Morgan fingerprint density at radius 3 is 2.17 bits per heavy atom. The molecule has 0 amide bonds. The van der Waals surface area contributed by atoms with Crippen molar-refractivity contribution in [3.8, 4) is 11.5 Å². The van der Waals surface area contributed by atoms with E-state index in [0.29, 0.717) is 16.5 Å². The van der Waals surface area contributed by atoms with Crippen LogP contribution < -0.4 is 10.2 Å². The van der Waals surface area contributed by atoms with E-state index in [1.54, 1.807) is 24.5 Å². The second kappa shape index (κ2) is 6.06. The van der Waals surface area contributed by atoms with Crippen molar-refractivity contribution in [1.29, 1.82) is 0 Å². The first kappa shape index (κ1) is 17.3. The van der Waals surface area contributed by atoms with Gasteiger partial charge in [0.15, 0.2) is 0 Å². The number of hydrogen-bond acceptors (Lipinski definition) is 4. The summed E-state index contributed by atoms with van der Waals surface area (Å²) in [5.74, 6) is 1.37. The standard InChI is InChI=1S/C18H21BClNO3/c1-12-15(19-23-17(2,3)18(4,5)24-19)10-21-11-16(12)22-14-8-6-13(20)7-9-14/h6-11H,1-5H3. The smallest absolute Gasteiger partial charge is 0.455 e. The number of aromatic nitrogens is 1. The summed E-state index contributed by atoms with van der Waals surface area (Å²) in [5.41, 5.74) is 1.03. The maximum Gasteiger partial charge on any atom is 0.496 e. The second-order valence-corrected chi connectivity index (χ2v) is 7.43. The fourth-order valence-corrected chi connectivity index (χ4v) is 2.59. The fourth-order valence-electron chi connectivity index (χ4n) is 2.46. The quantitative estimate of drug-likeness (QED) is 0.784. The zero-order chi connectivity index (χ0) is 17.5. The third kappa shape index (κ3) is 3.16. The van der Waals surface area contributed by atoms with Gasteiger partial charge in [-0.15, -0.1) is 0 Å². The average Bonchev–Trinajstić information content (AvgIpc) is 2.72. The first-order chi connectivity index (χ1) is 11.2. The number of pyridine rings is 1. The third-order valence-electron chi connectivity index (χ3n) is 4.76. The van der Waals surface area contributed by atoms with E-state index in [9.17, 15) is 0 Å². The first-order valence-electron chi connectivity index (χ1n) is 7.93. The minimum atomic E-state index is -0.462. The van der Waals surface area contributed by atoms with Crippen LogP contribution in [0, 0.1) is 6.92 Å². The van der Waals surface area contributed by atoms with Crippen LogP contribution in [0.3, 0.4) is 0 Å². The lowest BCUT2D eigenvalue weighted by Crippen LogP contribution is -2.41. The molecule has 1 aliphatic rings. The van der Waals surface area contributed by atoms with Gasteiger partial charge in [0.1, 0.15) is 11.5 Å². The van der Waals surface area contributed by atoms with Gasteiger partial charge >= 0.3 is 7.12 Å². The van der Waals surface area contributed by atoms with Crippen LogP contribution in [0.4, 0.5) is 0 Å². The number of ether oxygens (including phenoxy) is 1. The Balaban J connectivity index is 1.88. The molecule has 0 spiro atoms. The van der Waals surface area contributed by atoms with Gasteiger partial charge in [-0.25, -0.2) is 0 Å². The average molecular weight is 346 g/mol. The van der Waals surface area contributed by atoms with Gasteiger partial charge in [-0.05, 0) is 64.4 Å². The van der Waals surface area contributed by atoms with E-state index in [1.165, 1.54) is 0 Å². The summed E-state index contributed by atoms with van der Waals surface area (Å²) in [6.45, 7) is 10.1. The van der Waals surface area contributed by atoms with Crippen LogP contribution in [0.5, 0.6) is 11.5 Å². The number of benzene rings is 1. The molecule has 6 heteroatoms. The molecule has 0 atom stereocenters. The molecule has 4 nitrogen and oxygen atoms in total. The Hall–Kier alpha value is -1.56. The van der Waals surface area contributed by atoms with E-state index in [0.717, 1.165) is 11.0 Å². The van der Waals surface area contributed by atoms with Gasteiger partial charge in [0.25, 0.3) is 0 Å². The van der Waals surface area contributed by atoms with Crippen LogP contribution in [0.2, 0.25) is 5.02 Å². The van der Waals surface area contributed by atoms with Crippen LogP contribution >= 0.6 is 11.6 Å². The topological polar surface area (TPSA) is 40.6 Å². The largest absolute Gasteiger partial charge is 0.496 e. The molecule has 1 aromatic carbocycles. The van der Waals surface area contributed by atoms with E-state index in [2.05, 4.69) is 4.98 Å². The summed E-state index contributed by atoms with van der Waals surface area (Å²) < 4.78 is 18.2. The van der Waals surface area contributed by atoms with Crippen molar-refractivity contribution in [2.75, 3.05) is 0 Å². The molecule has 1 fully saturated rings. The van der Waals surface area contributed by atoms with E-state index in [4.69, 9.17) is 25.6 Å². The highest BCUT2D eigenvalue weighted by Crippen LogP contribution is 2.37. The second-order valence-electron chi connectivity index (χ2n) is 7.00. The van der Waals surface area contributed by atoms with Gasteiger partial charge in [-0.3, -0.25) is 4.98 Å². The Morgan fingerprint density at radius 1 is 1.00 bits per heavy atom. The number of hydrogen-bond donors (Lipinski definition) is 0. The Kier molecular flexibility index (Phi) is 4.37. The van der Waals surface area contributed by atoms with Gasteiger partial charge in [0.2, 0.25) is 0 Å². The van der Waals surface area contributed by atoms with Crippen molar-refractivity contribution in [2.24, 2.45) is 0 Å². The minimum absolute atomic E-state index is 0.392. The summed E-state index contributed by atoms with van der Waals surface area (Å²) in [7, 11) is -0.462. The lowest BCUT2D eigenvalue weighted by atomic mass is 9.77. The van der Waals surface area contributed by atoms with E-state index < -0.39 is 18.3 Å². The van der Waals surface area contributed by atoms with Crippen molar-refractivity contribution in [3.05, 3.63) is 47.2 Å². The molecule has 0 aliphatic carbocycles. The predicted molar refractivity (Wildman–Crippen MR) is 96.2 cm³/mol. The molecule has 0 unspecified atom stereocenters. The Morgan fingerprint density at radius 2 is 1.58 bits per heavy atom. The van der Waals surface area contributed by atoms with Crippen LogP contribution in [0.25, 0.3) is 0 Å². The van der Waals surface area contributed by atoms with Crippen molar-refractivity contribution in [3.63, 3.8) is 0 Å². The summed E-state index contributed by atoms with van der Waals surface area (Å²) in [6.07, 6.45) is 3.46. The third-order valence-corrected chi connectivity index (χ3v) is 5.01. The van der Waals surface area contributed by atoms with Gasteiger partial charge in [0.05, 0.1) is 17.4 Å². The van der Waals surface area contributed by atoms with Gasteiger partial charge in [-0.2, -0.15) is 0 Å². The Labute approximate surface area is 148 Å². The zero-order valence-corrected chi connectivity index (χ0v) is 15.3. The molecular weight excluding hydrogens is 324 g/mol. The monoisotopic (exact) mass is 345 g/mol. The van der Waals surface area contributed by atoms with Crippen molar-refractivity contribution < 1.29 is 14.0 Å². The van der Waals surface area contributed by atoms with Crippen LogP contribution in [0.15, 0.2) is 36.7 Å². The molecule has 0 radical (unpaired) electrons. The molecule has 2 heterocycles. The molecule has 0 saturated carbocycles. The van der Waals surface area contributed by atoms with E-state index in [1.807, 2.05) is 46.8 Å². The lowest BCUT2D eigenvalue weighted by Gasteiger charge is -2.32. The number of rotatable bonds is 3. The maximum atomic E-state index is 6.12. The highest BCUT2D eigenvalue weighted by atomic mass is 35.5. The zero-order valence-electron chi connectivity index (χ0n) is 14.6. The molecule has 1 aromatic heterocycles. The number of nitrogens with zero attached hydrogens (tertiary/aromatic N) is 1. The SMILES string of the molecule is Cc1c(Oc2ccc(Cl)cc2)cncc1B1OC(C)(C)C(C)(C)O1. The molecule has 2 aromatic rings. The van der Waals surface area contributed by atoms with Crippen molar-refractivity contribution in [1.82, 2.24) is 4.98 Å². The molecule has 1 aliphatic heterocycles. The first-order valence-corrected chi connectivity index (χ1v) is 8.31. The minimum Gasteiger partial charge on any atom is -0.455 e. The molecular formula is C18H21BClNO3. The lowest BCUT2D eigenvalue weighted by molar-refractivity contribution is 0.00578.